The summed E-state index contributed by atoms with van der Waals surface area (Å²) in [5.41, 5.74) is 2.30. The molecule has 8 heteroatoms. The molecule has 2 aromatic carbocycles. The summed E-state index contributed by atoms with van der Waals surface area (Å²) in [4.78, 5) is 38.9. The average Bonchev–Trinajstić information content (AvgIpc) is 3.27. The lowest BCUT2D eigenvalue weighted by Crippen LogP contribution is -2.35. The van der Waals surface area contributed by atoms with Crippen molar-refractivity contribution in [3.63, 3.8) is 0 Å². The van der Waals surface area contributed by atoms with Gasteiger partial charge in [-0.1, -0.05) is 26.0 Å². The van der Waals surface area contributed by atoms with Crippen LogP contribution in [0.15, 0.2) is 48.2 Å². The largest absolute Gasteiger partial charge is 0.454 e. The number of nitrogens with one attached hydrogen (secondary N) is 2. The van der Waals surface area contributed by atoms with Crippen molar-refractivity contribution in [3.8, 4) is 11.5 Å². The molecule has 3 amide bonds. The summed E-state index contributed by atoms with van der Waals surface area (Å²) in [7, 11) is 0. The summed E-state index contributed by atoms with van der Waals surface area (Å²) in [5, 5.41) is 5.81. The molecule has 0 spiro atoms. The van der Waals surface area contributed by atoms with Gasteiger partial charge in [0.1, 0.15) is 5.70 Å². The molecule has 0 bridgehead atoms. The number of nitrogens with zero attached hydrogens (tertiary/aromatic N) is 1. The maximum atomic E-state index is 13.2. The first-order chi connectivity index (χ1) is 14.8. The highest BCUT2D eigenvalue weighted by molar-refractivity contribution is 6.36. The number of carbonyl (C=O) groups excluding carboxylic acids is 3. The van der Waals surface area contributed by atoms with E-state index in [1.54, 1.807) is 42.5 Å². The normalized spacial score (nSPS) is 15.2. The molecule has 4 rings (SSSR count). The number of ether oxygens (including phenoxy) is 2. The Bertz CT molecular complexity index is 1090. The Kier molecular flexibility index (Phi) is 5.37. The van der Waals surface area contributed by atoms with Gasteiger partial charge in [0.15, 0.2) is 11.5 Å². The highest BCUT2D eigenvalue weighted by atomic mass is 16.7. The second-order valence-electron chi connectivity index (χ2n) is 7.82. The zero-order chi connectivity index (χ0) is 22.1. The first-order valence-corrected chi connectivity index (χ1v) is 9.98. The molecule has 31 heavy (non-hydrogen) atoms. The number of benzene rings is 2. The average molecular weight is 421 g/mol. The van der Waals surface area contributed by atoms with Gasteiger partial charge in [0.25, 0.3) is 11.8 Å². The minimum atomic E-state index is -0.377. The molecule has 8 nitrogen and oxygen atoms in total. The van der Waals surface area contributed by atoms with Crippen LogP contribution in [0.2, 0.25) is 0 Å². The van der Waals surface area contributed by atoms with Crippen molar-refractivity contribution in [1.29, 1.82) is 0 Å². The van der Waals surface area contributed by atoms with E-state index in [0.717, 1.165) is 0 Å². The molecule has 2 N–H and O–H groups in total. The van der Waals surface area contributed by atoms with E-state index in [1.165, 1.54) is 11.8 Å². The van der Waals surface area contributed by atoms with Crippen molar-refractivity contribution < 1.29 is 23.9 Å². The van der Waals surface area contributed by atoms with Gasteiger partial charge in [-0.3, -0.25) is 19.3 Å². The Morgan fingerprint density at radius 2 is 1.68 bits per heavy atom. The Labute approximate surface area is 179 Å². The van der Waals surface area contributed by atoms with Crippen LogP contribution in [0.25, 0.3) is 5.57 Å². The molecule has 0 saturated carbocycles. The van der Waals surface area contributed by atoms with Crippen LogP contribution in [0, 0.1) is 5.92 Å². The van der Waals surface area contributed by atoms with Crippen LogP contribution in [0.3, 0.4) is 0 Å². The third kappa shape index (κ3) is 4.09. The molecule has 160 valence electrons. The van der Waals surface area contributed by atoms with Crippen LogP contribution in [-0.2, 0) is 14.4 Å². The molecule has 0 radical (unpaired) electrons. The highest BCUT2D eigenvalue weighted by Crippen LogP contribution is 2.36. The maximum absolute atomic E-state index is 13.2. The summed E-state index contributed by atoms with van der Waals surface area (Å²) >= 11 is 0. The Morgan fingerprint density at radius 3 is 2.35 bits per heavy atom. The third-order valence-electron chi connectivity index (χ3n) is 4.85. The Morgan fingerprint density at radius 1 is 1.00 bits per heavy atom. The SMILES string of the molecule is CC(=O)Nc1ccc(C2=C(Nc3ccc4c(c3)OCO4)C(=O)N(CC(C)C)C2=O)cc1. The van der Waals surface area contributed by atoms with Gasteiger partial charge in [0, 0.05) is 30.9 Å². The fourth-order valence-corrected chi connectivity index (χ4v) is 3.53. The standard InChI is InChI=1S/C23H23N3O5/c1-13(2)11-26-22(28)20(15-4-6-16(7-5-15)24-14(3)27)21(23(26)29)25-17-8-9-18-19(10-17)31-12-30-18/h4-10,13,25H,11-12H2,1-3H3,(H,24,27). The van der Waals surface area contributed by atoms with E-state index < -0.39 is 0 Å². The van der Waals surface area contributed by atoms with Gasteiger partial charge in [-0.2, -0.15) is 0 Å². The third-order valence-corrected chi connectivity index (χ3v) is 4.85. The van der Waals surface area contributed by atoms with Crippen LogP contribution < -0.4 is 20.1 Å². The number of hydrogen-bond acceptors (Lipinski definition) is 6. The molecule has 0 fully saturated rings. The Hall–Kier alpha value is -3.81. The van der Waals surface area contributed by atoms with E-state index in [1.807, 2.05) is 13.8 Å². The molecule has 0 aromatic heterocycles. The summed E-state index contributed by atoms with van der Waals surface area (Å²) in [6.45, 7) is 5.79. The minimum Gasteiger partial charge on any atom is -0.454 e. The van der Waals surface area contributed by atoms with Crippen molar-refractivity contribution >= 4 is 34.7 Å². The fraction of sp³-hybridized carbons (Fsp3) is 0.261. The summed E-state index contributed by atoms with van der Waals surface area (Å²) in [5.74, 6) is 0.409. The molecule has 0 atom stereocenters. The smallest absolute Gasteiger partial charge is 0.278 e. The molecule has 2 aromatic rings. The highest BCUT2D eigenvalue weighted by Gasteiger charge is 2.39. The Balaban J connectivity index is 1.72. The van der Waals surface area contributed by atoms with Gasteiger partial charge in [-0.15, -0.1) is 0 Å². The molecule has 2 aliphatic rings. The van der Waals surface area contributed by atoms with Gasteiger partial charge >= 0.3 is 0 Å². The monoisotopic (exact) mass is 421 g/mol. The van der Waals surface area contributed by atoms with Gasteiger partial charge in [0.2, 0.25) is 12.7 Å². The molecule has 0 unspecified atom stereocenters. The second-order valence-corrected chi connectivity index (χ2v) is 7.82. The quantitative estimate of drug-likeness (QED) is 0.695. The van der Waals surface area contributed by atoms with E-state index in [4.69, 9.17) is 9.47 Å². The van der Waals surface area contributed by atoms with E-state index in [2.05, 4.69) is 10.6 Å². The van der Waals surface area contributed by atoms with Crippen LogP contribution in [-0.4, -0.2) is 36.0 Å². The first-order valence-electron chi connectivity index (χ1n) is 9.98. The topological polar surface area (TPSA) is 97.0 Å². The molecule has 2 heterocycles. The van der Waals surface area contributed by atoms with Gasteiger partial charge in [-0.05, 0) is 35.7 Å². The summed E-state index contributed by atoms with van der Waals surface area (Å²) < 4.78 is 10.7. The molecular weight excluding hydrogens is 398 g/mol. The van der Waals surface area contributed by atoms with Crippen molar-refractivity contribution in [1.82, 2.24) is 4.90 Å². The lowest BCUT2D eigenvalue weighted by atomic mass is 10.0. The number of fused-ring (bicyclic) bond motifs is 1. The zero-order valence-corrected chi connectivity index (χ0v) is 17.5. The molecule has 0 saturated heterocycles. The number of amides is 3. The van der Waals surface area contributed by atoms with Crippen molar-refractivity contribution in [2.75, 3.05) is 24.0 Å². The van der Waals surface area contributed by atoms with Crippen LogP contribution in [0.5, 0.6) is 11.5 Å². The number of rotatable bonds is 6. The molecule has 0 aliphatic carbocycles. The van der Waals surface area contributed by atoms with Crippen molar-refractivity contribution in [2.45, 2.75) is 20.8 Å². The zero-order valence-electron chi connectivity index (χ0n) is 17.5. The number of imide groups is 1. The molecule has 2 aliphatic heterocycles. The number of anilines is 2. The predicted molar refractivity (Wildman–Crippen MR) is 115 cm³/mol. The van der Waals surface area contributed by atoms with Crippen molar-refractivity contribution in [3.05, 3.63) is 53.7 Å². The lowest BCUT2D eigenvalue weighted by molar-refractivity contribution is -0.137. The maximum Gasteiger partial charge on any atom is 0.278 e. The summed E-state index contributed by atoms with van der Waals surface area (Å²) in [6.07, 6.45) is 0. The van der Waals surface area contributed by atoms with Gasteiger partial charge in [0.05, 0.1) is 5.57 Å². The van der Waals surface area contributed by atoms with Crippen LogP contribution in [0.4, 0.5) is 11.4 Å². The van der Waals surface area contributed by atoms with Crippen LogP contribution >= 0.6 is 0 Å². The van der Waals surface area contributed by atoms with Crippen LogP contribution in [0.1, 0.15) is 26.3 Å². The summed E-state index contributed by atoms with van der Waals surface area (Å²) in [6, 6.07) is 12.1. The minimum absolute atomic E-state index is 0.126. The first kappa shape index (κ1) is 20.5. The fourth-order valence-electron chi connectivity index (χ4n) is 3.53. The van der Waals surface area contributed by atoms with E-state index in [-0.39, 0.29) is 41.7 Å². The van der Waals surface area contributed by atoms with Gasteiger partial charge in [-0.25, -0.2) is 0 Å². The number of carbonyl (C=O) groups is 3. The van der Waals surface area contributed by atoms with Crippen molar-refractivity contribution in [2.24, 2.45) is 5.92 Å². The van der Waals surface area contributed by atoms with E-state index in [9.17, 15) is 14.4 Å². The second kappa shape index (κ2) is 8.14. The van der Waals surface area contributed by atoms with E-state index in [0.29, 0.717) is 35.0 Å². The van der Waals surface area contributed by atoms with E-state index >= 15 is 0 Å². The molecular formula is C23H23N3O5. The van der Waals surface area contributed by atoms with Gasteiger partial charge < -0.3 is 20.1 Å². The number of hydrogen-bond donors (Lipinski definition) is 2. The predicted octanol–water partition coefficient (Wildman–Crippen LogP) is 3.22. The lowest BCUT2D eigenvalue weighted by Gasteiger charge is -2.17.